The predicted octanol–water partition coefficient (Wildman–Crippen LogP) is 2.53. The van der Waals surface area contributed by atoms with Crippen molar-refractivity contribution in [2.75, 3.05) is 19.0 Å². The Morgan fingerprint density at radius 1 is 1.43 bits per heavy atom. The number of rotatable bonds is 6. The number of halogens is 1. The molecular formula is C14H18ClN3O2S. The van der Waals surface area contributed by atoms with Crippen molar-refractivity contribution >= 4 is 35.3 Å². The molecule has 0 aliphatic heterocycles. The van der Waals surface area contributed by atoms with E-state index in [9.17, 15) is 4.79 Å². The first kappa shape index (κ1) is 17.6. The zero-order valence-corrected chi connectivity index (χ0v) is 13.2. The first-order valence-corrected chi connectivity index (χ1v) is 7.13. The van der Waals surface area contributed by atoms with Crippen LogP contribution in [0.5, 0.6) is 0 Å². The molecule has 2 rings (SSSR count). The molecule has 0 saturated carbocycles. The number of carbonyl (C=O) groups is 1. The van der Waals surface area contributed by atoms with Crippen LogP contribution in [0, 0.1) is 0 Å². The Labute approximate surface area is 133 Å². The first-order chi connectivity index (χ1) is 9.72. The number of amides is 1. The zero-order valence-electron chi connectivity index (χ0n) is 11.6. The third-order valence-corrected chi connectivity index (χ3v) is 3.68. The molecule has 3 N–H and O–H groups in total. The van der Waals surface area contributed by atoms with Crippen molar-refractivity contribution in [3.8, 4) is 10.6 Å². The van der Waals surface area contributed by atoms with Crippen molar-refractivity contribution in [3.05, 3.63) is 35.8 Å². The molecule has 1 aromatic carbocycles. The molecule has 1 amide bonds. The highest BCUT2D eigenvalue weighted by molar-refractivity contribution is 7.13. The summed E-state index contributed by atoms with van der Waals surface area (Å²) in [6.45, 7) is 0.326. The molecule has 0 radical (unpaired) electrons. The molecule has 0 saturated heterocycles. The zero-order chi connectivity index (χ0) is 14.4. The molecule has 0 fully saturated rings. The summed E-state index contributed by atoms with van der Waals surface area (Å²) in [6.07, 6.45) is 1.78. The molecule has 1 atom stereocenters. The van der Waals surface area contributed by atoms with E-state index in [2.05, 4.69) is 10.3 Å². The van der Waals surface area contributed by atoms with E-state index in [1.165, 1.54) is 0 Å². The topological polar surface area (TPSA) is 77.2 Å². The summed E-state index contributed by atoms with van der Waals surface area (Å²) in [6, 6.07) is 7.59. The molecule has 0 spiro atoms. The van der Waals surface area contributed by atoms with Gasteiger partial charge in [0.05, 0.1) is 12.5 Å². The number of anilines is 1. The van der Waals surface area contributed by atoms with E-state index in [1.54, 1.807) is 24.6 Å². The fourth-order valence-corrected chi connectivity index (χ4v) is 2.39. The fraction of sp³-hybridized carbons (Fsp3) is 0.286. The van der Waals surface area contributed by atoms with Crippen LogP contribution in [0.1, 0.15) is 6.42 Å². The van der Waals surface area contributed by atoms with E-state index in [0.29, 0.717) is 6.54 Å². The van der Waals surface area contributed by atoms with Gasteiger partial charge >= 0.3 is 0 Å². The SMILES string of the molecule is COC(CN)CC(=O)Nc1ccc(-c2nccs2)cc1.Cl. The molecule has 114 valence electrons. The van der Waals surface area contributed by atoms with Crippen molar-refractivity contribution in [1.82, 2.24) is 4.98 Å². The van der Waals surface area contributed by atoms with Crippen LogP contribution in [0.2, 0.25) is 0 Å². The molecule has 1 aromatic heterocycles. The highest BCUT2D eigenvalue weighted by Crippen LogP contribution is 2.23. The minimum atomic E-state index is -0.246. The number of aromatic nitrogens is 1. The van der Waals surface area contributed by atoms with E-state index in [0.717, 1.165) is 16.3 Å². The lowest BCUT2D eigenvalue weighted by atomic mass is 10.2. The van der Waals surface area contributed by atoms with Crippen LogP contribution >= 0.6 is 23.7 Å². The molecule has 0 aliphatic rings. The van der Waals surface area contributed by atoms with Gasteiger partial charge in [0.1, 0.15) is 5.01 Å². The maximum atomic E-state index is 11.8. The Balaban J connectivity index is 0.00000220. The second-order valence-corrected chi connectivity index (χ2v) is 5.15. The van der Waals surface area contributed by atoms with E-state index in [-0.39, 0.29) is 30.8 Å². The van der Waals surface area contributed by atoms with Crippen LogP contribution in [0.4, 0.5) is 5.69 Å². The van der Waals surface area contributed by atoms with E-state index >= 15 is 0 Å². The number of nitrogens with zero attached hydrogens (tertiary/aromatic N) is 1. The number of hydrogen-bond acceptors (Lipinski definition) is 5. The number of hydrogen-bond donors (Lipinski definition) is 2. The van der Waals surface area contributed by atoms with Gasteiger partial charge in [-0.25, -0.2) is 4.98 Å². The van der Waals surface area contributed by atoms with E-state index in [1.807, 2.05) is 29.6 Å². The monoisotopic (exact) mass is 327 g/mol. The minimum Gasteiger partial charge on any atom is -0.380 e. The number of methoxy groups -OCH3 is 1. The van der Waals surface area contributed by atoms with Crippen LogP contribution in [0.25, 0.3) is 10.6 Å². The Hall–Kier alpha value is -1.47. The molecule has 5 nitrogen and oxygen atoms in total. The quantitative estimate of drug-likeness (QED) is 0.854. The lowest BCUT2D eigenvalue weighted by Crippen LogP contribution is -2.28. The molecule has 2 aromatic rings. The highest BCUT2D eigenvalue weighted by Gasteiger charge is 2.11. The standard InChI is InChI=1S/C14H17N3O2S.ClH/c1-19-12(9-15)8-13(18)17-11-4-2-10(3-5-11)14-16-6-7-20-14;/h2-7,12H,8-9,15H2,1H3,(H,17,18);1H. The summed E-state index contributed by atoms with van der Waals surface area (Å²) in [5, 5.41) is 5.72. The van der Waals surface area contributed by atoms with E-state index in [4.69, 9.17) is 10.5 Å². The maximum Gasteiger partial charge on any atom is 0.227 e. The number of benzene rings is 1. The van der Waals surface area contributed by atoms with Crippen LogP contribution in [-0.2, 0) is 9.53 Å². The predicted molar refractivity (Wildman–Crippen MR) is 87.9 cm³/mol. The summed E-state index contributed by atoms with van der Waals surface area (Å²) < 4.78 is 5.08. The Bertz CT molecular complexity index is 542. The highest BCUT2D eigenvalue weighted by atomic mass is 35.5. The van der Waals surface area contributed by atoms with Gasteiger partial charge in [-0.2, -0.15) is 0 Å². The van der Waals surface area contributed by atoms with Crippen LogP contribution in [0.3, 0.4) is 0 Å². The molecule has 7 heteroatoms. The average molecular weight is 328 g/mol. The van der Waals surface area contributed by atoms with Crippen molar-refractivity contribution in [3.63, 3.8) is 0 Å². The third kappa shape index (κ3) is 5.09. The van der Waals surface area contributed by atoms with E-state index < -0.39 is 0 Å². The van der Waals surface area contributed by atoms with Crippen molar-refractivity contribution in [2.45, 2.75) is 12.5 Å². The van der Waals surface area contributed by atoms with Gasteiger partial charge in [0, 0.05) is 36.5 Å². The number of ether oxygens (including phenoxy) is 1. The summed E-state index contributed by atoms with van der Waals surface area (Å²) in [4.78, 5) is 16.0. The maximum absolute atomic E-state index is 11.8. The molecule has 21 heavy (non-hydrogen) atoms. The smallest absolute Gasteiger partial charge is 0.227 e. The van der Waals surface area contributed by atoms with Crippen molar-refractivity contribution < 1.29 is 9.53 Å². The first-order valence-electron chi connectivity index (χ1n) is 6.25. The minimum absolute atomic E-state index is 0. The Morgan fingerprint density at radius 2 is 2.14 bits per heavy atom. The van der Waals surface area contributed by atoms with Crippen molar-refractivity contribution in [1.29, 1.82) is 0 Å². The fourth-order valence-electron chi connectivity index (χ4n) is 1.74. The molecule has 0 aliphatic carbocycles. The Morgan fingerprint density at radius 3 is 2.67 bits per heavy atom. The second-order valence-electron chi connectivity index (χ2n) is 4.26. The summed E-state index contributed by atoms with van der Waals surface area (Å²) in [7, 11) is 1.55. The van der Waals surface area contributed by atoms with Gasteiger partial charge < -0.3 is 15.8 Å². The number of thiazole rings is 1. The van der Waals surface area contributed by atoms with Gasteiger partial charge in [-0.1, -0.05) is 0 Å². The lowest BCUT2D eigenvalue weighted by Gasteiger charge is -2.12. The number of nitrogens with two attached hydrogens (primary N) is 1. The van der Waals surface area contributed by atoms with Gasteiger partial charge in [0.2, 0.25) is 5.91 Å². The molecule has 1 unspecified atom stereocenters. The molecule has 0 bridgehead atoms. The normalized spacial score (nSPS) is 11.5. The van der Waals surface area contributed by atoms with Gasteiger partial charge in [0.15, 0.2) is 0 Å². The average Bonchev–Trinajstić information content (AvgIpc) is 2.99. The lowest BCUT2D eigenvalue weighted by molar-refractivity contribution is -0.118. The summed E-state index contributed by atoms with van der Waals surface area (Å²) in [5.74, 6) is -0.107. The number of nitrogens with one attached hydrogen (secondary N) is 1. The summed E-state index contributed by atoms with van der Waals surface area (Å²) >= 11 is 1.58. The Kier molecular flexibility index (Phi) is 7.31. The van der Waals surface area contributed by atoms with Gasteiger partial charge in [-0.3, -0.25) is 4.79 Å². The van der Waals surface area contributed by atoms with Gasteiger partial charge in [0.25, 0.3) is 0 Å². The third-order valence-electron chi connectivity index (χ3n) is 2.86. The number of carbonyl (C=O) groups excluding carboxylic acids is 1. The van der Waals surface area contributed by atoms with Crippen LogP contribution in [-0.4, -0.2) is 30.6 Å². The summed E-state index contributed by atoms with van der Waals surface area (Å²) in [5.41, 5.74) is 7.28. The van der Waals surface area contributed by atoms with Crippen molar-refractivity contribution in [2.24, 2.45) is 5.73 Å². The van der Waals surface area contributed by atoms with Crippen LogP contribution < -0.4 is 11.1 Å². The van der Waals surface area contributed by atoms with Gasteiger partial charge in [-0.05, 0) is 24.3 Å². The largest absolute Gasteiger partial charge is 0.380 e. The van der Waals surface area contributed by atoms with Crippen LogP contribution in [0.15, 0.2) is 35.8 Å². The molecule has 1 heterocycles. The van der Waals surface area contributed by atoms with Gasteiger partial charge in [-0.15, -0.1) is 23.7 Å². The second kappa shape index (κ2) is 8.74. The molecular weight excluding hydrogens is 310 g/mol.